The highest BCUT2D eigenvalue weighted by Gasteiger charge is 2.46. The van der Waals surface area contributed by atoms with Crippen LogP contribution in [0.1, 0.15) is 39.9 Å². The minimum Gasteiger partial charge on any atom is -0.345 e. The maximum absolute atomic E-state index is 13.1. The highest BCUT2D eigenvalue weighted by atomic mass is 32.2. The first-order valence-electron chi connectivity index (χ1n) is 12.4. The van der Waals surface area contributed by atoms with Gasteiger partial charge in [0, 0.05) is 43.2 Å². The van der Waals surface area contributed by atoms with E-state index in [1.165, 1.54) is 12.1 Å². The molecule has 0 saturated carbocycles. The summed E-state index contributed by atoms with van der Waals surface area (Å²) in [6, 6.07) is 14.8. The maximum atomic E-state index is 13.1. The van der Waals surface area contributed by atoms with E-state index in [1.807, 2.05) is 25.1 Å². The molecule has 39 heavy (non-hydrogen) atoms. The number of piperidine rings is 1. The lowest BCUT2D eigenvalue weighted by Gasteiger charge is -2.34. The van der Waals surface area contributed by atoms with Crippen LogP contribution in [0.5, 0.6) is 0 Å². The molecule has 2 amide bonds. The van der Waals surface area contributed by atoms with Gasteiger partial charge in [0.15, 0.2) is 0 Å². The van der Waals surface area contributed by atoms with Gasteiger partial charge >= 0.3 is 6.18 Å². The molecule has 2 aromatic carbocycles. The molecule has 1 saturated heterocycles. The molecule has 0 aliphatic carbocycles. The summed E-state index contributed by atoms with van der Waals surface area (Å²) in [5.41, 5.74) is 1.30. The second-order valence-electron chi connectivity index (χ2n) is 9.89. The first-order valence-corrected chi connectivity index (χ1v) is 14.0. The number of carbonyl (C=O) groups is 2. The lowest BCUT2D eigenvalue weighted by Crippen LogP contribution is -2.47. The van der Waals surface area contributed by atoms with E-state index in [2.05, 4.69) is 26.7 Å². The van der Waals surface area contributed by atoms with E-state index in [4.69, 9.17) is 0 Å². The number of amidine groups is 1. The third-order valence-electron chi connectivity index (χ3n) is 6.94. The molecule has 2 aliphatic rings. The summed E-state index contributed by atoms with van der Waals surface area (Å²) in [5.74, 6) is -0.0921. The van der Waals surface area contributed by atoms with E-state index >= 15 is 0 Å². The summed E-state index contributed by atoms with van der Waals surface area (Å²) in [5, 5.41) is 2.71. The molecule has 0 radical (unpaired) electrons. The Bertz CT molecular complexity index is 1460. The average molecular weight is 573 g/mol. The minimum absolute atomic E-state index is 0.0304. The van der Waals surface area contributed by atoms with Crippen LogP contribution >= 0.6 is 23.3 Å². The van der Waals surface area contributed by atoms with Crippen LogP contribution in [0.3, 0.4) is 0 Å². The van der Waals surface area contributed by atoms with Gasteiger partial charge in [0.25, 0.3) is 11.8 Å². The number of aryl methyl sites for hydroxylation is 1. The van der Waals surface area contributed by atoms with Crippen molar-refractivity contribution in [1.82, 2.24) is 14.5 Å². The normalized spacial score (nSPS) is 17.3. The standard InChI is InChI=1S/C28H27F3N4O2S2/c1-17-15-19(25(36)34(2)3)7-8-21(17)22-9-10-23(38-22)39-35-13-11-27(12-14-35)26(37)32-24(33-27)18-5-4-6-20(16-18)28(29,30)31/h4-10,15-16H,11-14H2,1-3H3,(H,32,33,37). The van der Waals surface area contributed by atoms with Crippen molar-refractivity contribution >= 4 is 40.9 Å². The van der Waals surface area contributed by atoms with Gasteiger partial charge in [-0.3, -0.25) is 14.6 Å². The predicted octanol–water partition coefficient (Wildman–Crippen LogP) is 5.86. The van der Waals surface area contributed by atoms with Gasteiger partial charge in [-0.25, -0.2) is 4.31 Å². The average Bonchev–Trinajstić information content (AvgIpc) is 3.49. The van der Waals surface area contributed by atoms with Gasteiger partial charge in [0.2, 0.25) is 0 Å². The van der Waals surface area contributed by atoms with Crippen molar-refractivity contribution in [3.05, 3.63) is 76.9 Å². The number of hydrogen-bond acceptors (Lipinski definition) is 6. The predicted molar refractivity (Wildman–Crippen MR) is 148 cm³/mol. The SMILES string of the molecule is Cc1cc(C(=O)N(C)C)ccc1-c1ccc(SN2CCC3(CC2)N=C(c2cccc(C(F)(F)F)c2)NC3=O)s1. The first kappa shape index (κ1) is 27.4. The summed E-state index contributed by atoms with van der Waals surface area (Å²) < 4.78 is 42.7. The van der Waals surface area contributed by atoms with E-state index < -0.39 is 17.3 Å². The molecular weight excluding hydrogens is 545 g/mol. The van der Waals surface area contributed by atoms with Gasteiger partial charge in [0.1, 0.15) is 11.4 Å². The van der Waals surface area contributed by atoms with Crippen LogP contribution in [0.4, 0.5) is 13.2 Å². The van der Waals surface area contributed by atoms with Crippen LogP contribution in [0.15, 0.2) is 63.8 Å². The lowest BCUT2D eigenvalue weighted by atomic mass is 9.89. The largest absolute Gasteiger partial charge is 0.416 e. The van der Waals surface area contributed by atoms with Crippen LogP contribution < -0.4 is 5.32 Å². The number of nitrogens with one attached hydrogen (secondary N) is 1. The highest BCUT2D eigenvalue weighted by molar-refractivity contribution is 7.99. The summed E-state index contributed by atoms with van der Waals surface area (Å²) in [7, 11) is 3.47. The number of thiophene rings is 1. The van der Waals surface area contributed by atoms with Gasteiger partial charge in [-0.05, 0) is 79.2 Å². The van der Waals surface area contributed by atoms with E-state index in [9.17, 15) is 22.8 Å². The molecule has 0 unspecified atom stereocenters. The van der Waals surface area contributed by atoms with Crippen molar-refractivity contribution in [3.8, 4) is 10.4 Å². The molecule has 11 heteroatoms. The summed E-state index contributed by atoms with van der Waals surface area (Å²) in [6.07, 6.45) is -3.51. The Morgan fingerprint density at radius 1 is 1.10 bits per heavy atom. The molecule has 204 valence electrons. The molecule has 1 N–H and O–H groups in total. The molecule has 6 nitrogen and oxygen atoms in total. The van der Waals surface area contributed by atoms with E-state index in [0.29, 0.717) is 31.5 Å². The Kier molecular flexibility index (Phi) is 7.34. The van der Waals surface area contributed by atoms with Crippen LogP contribution in [0.25, 0.3) is 10.4 Å². The Labute approximate surface area is 233 Å². The molecule has 1 aromatic heterocycles. The van der Waals surface area contributed by atoms with Crippen molar-refractivity contribution in [1.29, 1.82) is 0 Å². The minimum atomic E-state index is -4.46. The molecule has 0 atom stereocenters. The summed E-state index contributed by atoms with van der Waals surface area (Å²) in [6.45, 7) is 3.23. The number of nitrogens with zero attached hydrogens (tertiary/aromatic N) is 3. The number of carbonyl (C=O) groups excluding carboxylic acids is 2. The second-order valence-corrected chi connectivity index (χ2v) is 12.4. The molecule has 1 fully saturated rings. The zero-order valence-electron chi connectivity index (χ0n) is 21.6. The summed E-state index contributed by atoms with van der Waals surface area (Å²) >= 11 is 3.30. The van der Waals surface area contributed by atoms with Crippen molar-refractivity contribution in [3.63, 3.8) is 0 Å². The van der Waals surface area contributed by atoms with E-state index in [1.54, 1.807) is 42.3 Å². The lowest BCUT2D eigenvalue weighted by molar-refractivity contribution is -0.137. The second kappa shape index (κ2) is 10.4. The fraction of sp³-hybridized carbons (Fsp3) is 0.321. The van der Waals surface area contributed by atoms with Crippen LogP contribution in [-0.2, 0) is 11.0 Å². The van der Waals surface area contributed by atoms with Crippen molar-refractivity contribution in [2.75, 3.05) is 27.2 Å². The van der Waals surface area contributed by atoms with Gasteiger partial charge in [-0.1, -0.05) is 18.2 Å². The molecule has 2 aliphatic heterocycles. The molecule has 3 aromatic rings. The van der Waals surface area contributed by atoms with Crippen molar-refractivity contribution in [2.45, 2.75) is 35.7 Å². The Morgan fingerprint density at radius 2 is 1.85 bits per heavy atom. The Balaban J connectivity index is 1.24. The number of rotatable bonds is 5. The zero-order valence-corrected chi connectivity index (χ0v) is 23.3. The van der Waals surface area contributed by atoms with Gasteiger partial charge in [-0.15, -0.1) is 11.3 Å². The van der Waals surface area contributed by atoms with Crippen LogP contribution in [-0.4, -0.2) is 59.6 Å². The number of aliphatic imine (C=N–C) groups is 1. The Hall–Kier alpha value is -3.15. The van der Waals surface area contributed by atoms with Gasteiger partial charge < -0.3 is 10.2 Å². The highest BCUT2D eigenvalue weighted by Crippen LogP contribution is 2.40. The molecule has 0 bridgehead atoms. The van der Waals surface area contributed by atoms with Gasteiger partial charge in [0.05, 0.1) is 9.77 Å². The fourth-order valence-corrected chi connectivity index (χ4v) is 7.07. The number of halogens is 3. The first-order chi connectivity index (χ1) is 18.4. The Morgan fingerprint density at radius 3 is 2.51 bits per heavy atom. The monoisotopic (exact) mass is 572 g/mol. The number of hydrogen-bond donors (Lipinski definition) is 1. The zero-order chi connectivity index (χ0) is 27.9. The fourth-order valence-electron chi connectivity index (χ4n) is 4.75. The third-order valence-corrected chi connectivity index (χ3v) is 9.26. The molecule has 5 rings (SSSR count). The van der Waals surface area contributed by atoms with E-state index in [-0.39, 0.29) is 23.2 Å². The summed E-state index contributed by atoms with van der Waals surface area (Å²) in [4.78, 5) is 32.4. The molecular formula is C28H27F3N4O2S2. The topological polar surface area (TPSA) is 65.0 Å². The van der Waals surface area contributed by atoms with Gasteiger partial charge in [-0.2, -0.15) is 13.2 Å². The molecule has 1 spiro atoms. The van der Waals surface area contributed by atoms with Crippen LogP contribution in [0, 0.1) is 6.92 Å². The van der Waals surface area contributed by atoms with Crippen LogP contribution in [0.2, 0.25) is 0 Å². The third kappa shape index (κ3) is 5.61. The molecule has 3 heterocycles. The number of amides is 2. The smallest absolute Gasteiger partial charge is 0.345 e. The number of alkyl halides is 3. The maximum Gasteiger partial charge on any atom is 0.416 e. The van der Waals surface area contributed by atoms with E-state index in [0.717, 1.165) is 32.3 Å². The number of benzene rings is 2. The quantitative estimate of drug-likeness (QED) is 0.389. The van der Waals surface area contributed by atoms with Crippen molar-refractivity contribution < 1.29 is 22.8 Å². The van der Waals surface area contributed by atoms with Crippen molar-refractivity contribution in [2.24, 2.45) is 4.99 Å².